The number of nitrogens with two attached hydrogens (primary N) is 1. The van der Waals surface area contributed by atoms with Gasteiger partial charge in [-0.25, -0.2) is 17.5 Å². The summed E-state index contributed by atoms with van der Waals surface area (Å²) in [5.41, 5.74) is 5.69. The van der Waals surface area contributed by atoms with Crippen molar-refractivity contribution in [3.05, 3.63) is 24.0 Å². The van der Waals surface area contributed by atoms with Crippen LogP contribution in [-0.4, -0.2) is 26.0 Å². The molecule has 18 heavy (non-hydrogen) atoms. The summed E-state index contributed by atoms with van der Waals surface area (Å²) in [6.07, 6.45) is 0. The van der Waals surface area contributed by atoms with E-state index in [1.54, 1.807) is 18.7 Å². The van der Waals surface area contributed by atoms with Gasteiger partial charge in [-0.3, -0.25) is 0 Å². The first-order valence-electron chi connectivity index (χ1n) is 5.52. The van der Waals surface area contributed by atoms with Gasteiger partial charge in [-0.15, -0.1) is 0 Å². The minimum atomic E-state index is -3.86. The Morgan fingerprint density at radius 3 is 2.78 bits per heavy atom. The molecule has 1 aromatic rings. The predicted molar refractivity (Wildman–Crippen MR) is 73.6 cm³/mol. The Kier molecular flexibility index (Phi) is 5.43. The molecule has 0 spiro atoms. The van der Waals surface area contributed by atoms with Crippen molar-refractivity contribution in [2.24, 2.45) is 0 Å². The first kappa shape index (κ1) is 15.3. The highest BCUT2D eigenvalue weighted by molar-refractivity contribution is 7.99. The Hall–Kier alpha value is -0.790. The number of halogens is 1. The van der Waals surface area contributed by atoms with Gasteiger partial charge in [0.05, 0.1) is 0 Å². The van der Waals surface area contributed by atoms with Crippen LogP contribution in [-0.2, 0) is 10.0 Å². The molecule has 102 valence electrons. The zero-order valence-corrected chi connectivity index (χ0v) is 11.9. The van der Waals surface area contributed by atoms with Crippen LogP contribution in [0.5, 0.6) is 0 Å². The number of benzene rings is 1. The van der Waals surface area contributed by atoms with Gasteiger partial charge in [-0.05, 0) is 30.9 Å². The van der Waals surface area contributed by atoms with E-state index in [0.29, 0.717) is 5.75 Å². The third-order valence-electron chi connectivity index (χ3n) is 2.17. The van der Waals surface area contributed by atoms with Crippen LogP contribution in [0.2, 0.25) is 0 Å². The van der Waals surface area contributed by atoms with Gasteiger partial charge < -0.3 is 5.73 Å². The topological polar surface area (TPSA) is 72.2 Å². The number of thioether (sulfide) groups is 1. The van der Waals surface area contributed by atoms with Crippen molar-refractivity contribution in [3.63, 3.8) is 0 Å². The summed E-state index contributed by atoms with van der Waals surface area (Å²) in [5, 5.41) is 0. The van der Waals surface area contributed by atoms with Crippen molar-refractivity contribution >= 4 is 27.5 Å². The van der Waals surface area contributed by atoms with Crippen LogP contribution in [0.15, 0.2) is 23.1 Å². The van der Waals surface area contributed by atoms with E-state index in [2.05, 4.69) is 4.72 Å². The maximum atomic E-state index is 13.5. The minimum Gasteiger partial charge on any atom is -0.399 e. The minimum absolute atomic E-state index is 0.215. The maximum Gasteiger partial charge on any atom is 0.243 e. The molecule has 0 aliphatic carbocycles. The first-order valence-corrected chi connectivity index (χ1v) is 8.15. The molecule has 1 rings (SSSR count). The number of rotatable bonds is 6. The van der Waals surface area contributed by atoms with Crippen molar-refractivity contribution in [1.82, 2.24) is 4.72 Å². The van der Waals surface area contributed by atoms with E-state index in [-0.39, 0.29) is 11.7 Å². The molecule has 0 fully saturated rings. The van der Waals surface area contributed by atoms with Crippen LogP contribution < -0.4 is 10.5 Å². The first-order chi connectivity index (χ1) is 8.36. The van der Waals surface area contributed by atoms with Crippen LogP contribution in [0.25, 0.3) is 0 Å². The number of anilines is 1. The fourth-order valence-electron chi connectivity index (χ4n) is 1.38. The quantitative estimate of drug-likeness (QED) is 0.785. The molecule has 1 atom stereocenters. The Bertz CT molecular complexity index is 506. The number of hydrogen-bond donors (Lipinski definition) is 2. The number of nitrogens with one attached hydrogen (secondary N) is 1. The highest BCUT2D eigenvalue weighted by Crippen LogP contribution is 2.18. The summed E-state index contributed by atoms with van der Waals surface area (Å²) in [6, 6.07) is 3.23. The average Bonchev–Trinajstić information content (AvgIpc) is 2.29. The molecular formula is C11H17FN2O2S2. The fourth-order valence-corrected chi connectivity index (χ4v) is 3.52. The van der Waals surface area contributed by atoms with Gasteiger partial charge in [0, 0.05) is 17.5 Å². The van der Waals surface area contributed by atoms with Gasteiger partial charge in [0.1, 0.15) is 10.7 Å². The molecule has 0 aliphatic rings. The van der Waals surface area contributed by atoms with E-state index in [0.717, 1.165) is 17.9 Å². The molecule has 0 saturated carbocycles. The lowest BCUT2D eigenvalue weighted by atomic mass is 10.3. The summed E-state index contributed by atoms with van der Waals surface area (Å²) in [4.78, 5) is -0.407. The smallest absolute Gasteiger partial charge is 0.243 e. The van der Waals surface area contributed by atoms with Gasteiger partial charge in [-0.1, -0.05) is 6.92 Å². The van der Waals surface area contributed by atoms with E-state index in [9.17, 15) is 12.8 Å². The van der Waals surface area contributed by atoms with Crippen LogP contribution in [0.4, 0.5) is 10.1 Å². The molecule has 4 nitrogen and oxygen atoms in total. The summed E-state index contributed by atoms with van der Waals surface area (Å²) < 4.78 is 39.8. The second-order valence-electron chi connectivity index (χ2n) is 3.87. The van der Waals surface area contributed by atoms with Gasteiger partial charge in [-0.2, -0.15) is 11.8 Å². The number of hydrogen-bond acceptors (Lipinski definition) is 4. The molecule has 0 saturated heterocycles. The molecule has 0 heterocycles. The predicted octanol–water partition coefficient (Wildman–Crippen LogP) is 1.83. The third-order valence-corrected chi connectivity index (χ3v) is 4.92. The van der Waals surface area contributed by atoms with E-state index >= 15 is 0 Å². The van der Waals surface area contributed by atoms with Gasteiger partial charge in [0.25, 0.3) is 0 Å². The molecule has 3 N–H and O–H groups in total. The van der Waals surface area contributed by atoms with E-state index < -0.39 is 20.7 Å². The highest BCUT2D eigenvalue weighted by atomic mass is 32.2. The molecule has 1 unspecified atom stereocenters. The van der Waals surface area contributed by atoms with Crippen molar-refractivity contribution in [1.29, 1.82) is 0 Å². The standard InChI is InChI=1S/C11H17FN2O2S2/c1-3-17-7-8(2)14-18(15,16)11-6-9(13)4-5-10(11)12/h4-6,8,14H,3,7,13H2,1-2H3. The second-order valence-corrected chi connectivity index (χ2v) is 6.87. The summed E-state index contributed by atoms with van der Waals surface area (Å²) >= 11 is 1.61. The molecule has 0 bridgehead atoms. The molecule has 0 radical (unpaired) electrons. The van der Waals surface area contributed by atoms with Crippen molar-refractivity contribution in [2.75, 3.05) is 17.2 Å². The summed E-state index contributed by atoms with van der Waals surface area (Å²) in [7, 11) is -3.86. The molecular weight excluding hydrogens is 275 g/mol. The van der Waals surface area contributed by atoms with E-state index in [4.69, 9.17) is 5.73 Å². The molecule has 0 aromatic heterocycles. The van der Waals surface area contributed by atoms with Crippen LogP contribution >= 0.6 is 11.8 Å². The van der Waals surface area contributed by atoms with Gasteiger partial charge >= 0.3 is 0 Å². The Labute approximate surface area is 111 Å². The third kappa shape index (κ3) is 4.15. The lowest BCUT2D eigenvalue weighted by Crippen LogP contribution is -2.34. The lowest BCUT2D eigenvalue weighted by molar-refractivity contribution is 0.550. The lowest BCUT2D eigenvalue weighted by Gasteiger charge is -2.14. The zero-order chi connectivity index (χ0) is 13.8. The van der Waals surface area contributed by atoms with Crippen molar-refractivity contribution in [3.8, 4) is 0 Å². The monoisotopic (exact) mass is 292 g/mol. The Morgan fingerprint density at radius 2 is 2.17 bits per heavy atom. The van der Waals surface area contributed by atoms with Crippen LogP contribution in [0.1, 0.15) is 13.8 Å². The second kappa shape index (κ2) is 6.40. The van der Waals surface area contributed by atoms with Gasteiger partial charge in [0.15, 0.2) is 0 Å². The fraction of sp³-hybridized carbons (Fsp3) is 0.455. The molecule has 7 heteroatoms. The Morgan fingerprint density at radius 1 is 1.50 bits per heavy atom. The number of sulfonamides is 1. The number of nitrogen functional groups attached to an aromatic ring is 1. The van der Waals surface area contributed by atoms with Gasteiger partial charge in [0.2, 0.25) is 10.0 Å². The van der Waals surface area contributed by atoms with E-state index in [1.807, 2.05) is 6.92 Å². The Balaban J connectivity index is 2.89. The zero-order valence-electron chi connectivity index (χ0n) is 10.3. The summed E-state index contributed by atoms with van der Waals surface area (Å²) in [6.45, 7) is 3.73. The van der Waals surface area contributed by atoms with Crippen molar-refractivity contribution < 1.29 is 12.8 Å². The van der Waals surface area contributed by atoms with E-state index in [1.165, 1.54) is 6.07 Å². The van der Waals surface area contributed by atoms with Crippen molar-refractivity contribution in [2.45, 2.75) is 24.8 Å². The molecule has 1 aromatic carbocycles. The highest BCUT2D eigenvalue weighted by Gasteiger charge is 2.21. The molecule has 0 aliphatic heterocycles. The SMILES string of the molecule is CCSCC(C)NS(=O)(=O)c1cc(N)ccc1F. The largest absolute Gasteiger partial charge is 0.399 e. The molecule has 0 amide bonds. The van der Waals surface area contributed by atoms with Crippen LogP contribution in [0.3, 0.4) is 0 Å². The summed E-state index contributed by atoms with van der Waals surface area (Å²) in [5.74, 6) is 0.741. The average molecular weight is 292 g/mol. The van der Waals surface area contributed by atoms with Crippen LogP contribution in [0, 0.1) is 5.82 Å². The normalized spacial score (nSPS) is 13.5. The maximum absolute atomic E-state index is 13.5.